The predicted octanol–water partition coefficient (Wildman–Crippen LogP) is 3.94. The van der Waals surface area contributed by atoms with E-state index in [1.165, 1.54) is 0 Å². The first-order chi connectivity index (χ1) is 10.8. The van der Waals surface area contributed by atoms with Gasteiger partial charge in [0, 0.05) is 31.1 Å². The lowest BCUT2D eigenvalue weighted by atomic mass is 10.1. The number of nitrogens with one attached hydrogen (secondary N) is 1. The van der Waals surface area contributed by atoms with Crippen molar-refractivity contribution >= 4 is 23.0 Å². The molecule has 1 fully saturated rings. The maximum absolute atomic E-state index is 7.40. The smallest absolute Gasteiger partial charge is 0.222 e. The molecule has 1 aromatic carbocycles. The second kappa shape index (κ2) is 6.73. The average Bonchev–Trinajstić information content (AvgIpc) is 2.56. The van der Waals surface area contributed by atoms with Crippen molar-refractivity contribution < 1.29 is 4.74 Å². The Labute approximate surface area is 134 Å². The summed E-state index contributed by atoms with van der Waals surface area (Å²) in [5, 5.41) is 3.64. The zero-order valence-corrected chi connectivity index (χ0v) is 12.7. The Kier molecular flexibility index (Phi) is 4.52. The van der Waals surface area contributed by atoms with Gasteiger partial charge in [-0.25, -0.2) is 14.8 Å². The second-order valence-corrected chi connectivity index (χ2v) is 5.42. The van der Waals surface area contributed by atoms with Crippen LogP contribution in [0.5, 0.6) is 0 Å². The fourth-order valence-electron chi connectivity index (χ4n) is 2.46. The molecule has 1 aromatic heterocycles. The zero-order valence-electron chi connectivity index (χ0n) is 11.9. The first-order valence-corrected chi connectivity index (χ1v) is 7.49. The molecule has 0 bridgehead atoms. The number of aromatic nitrogens is 2. The maximum atomic E-state index is 7.40. The number of halogens is 1. The molecule has 0 unspecified atom stereocenters. The van der Waals surface area contributed by atoms with Gasteiger partial charge in [0.1, 0.15) is 0 Å². The third kappa shape index (κ3) is 3.35. The summed E-state index contributed by atoms with van der Waals surface area (Å²) in [5.41, 5.74) is 3.00. The topological polar surface area (TPSA) is 51.4 Å². The van der Waals surface area contributed by atoms with E-state index in [1.807, 2.05) is 18.2 Å². The van der Waals surface area contributed by atoms with Gasteiger partial charge in [-0.2, -0.15) is 0 Å². The van der Waals surface area contributed by atoms with Crippen molar-refractivity contribution in [2.75, 3.05) is 18.5 Å². The van der Waals surface area contributed by atoms with Crippen LogP contribution in [-0.2, 0) is 4.74 Å². The molecule has 3 rings (SSSR count). The van der Waals surface area contributed by atoms with Gasteiger partial charge in [0.05, 0.1) is 12.3 Å². The molecule has 1 saturated heterocycles. The molecule has 0 amide bonds. The number of hydrogen-bond donors (Lipinski definition) is 1. The van der Waals surface area contributed by atoms with E-state index >= 15 is 0 Å². The van der Waals surface area contributed by atoms with Gasteiger partial charge in [-0.15, -0.1) is 0 Å². The maximum Gasteiger partial charge on any atom is 0.222 e. The van der Waals surface area contributed by atoms with Gasteiger partial charge in [-0.3, -0.25) is 0 Å². The minimum absolute atomic E-state index is 0.200. The summed E-state index contributed by atoms with van der Waals surface area (Å²) >= 11 is 5.82. The summed E-state index contributed by atoms with van der Waals surface area (Å²) in [6.07, 6.45) is 3.53. The number of anilines is 1. The number of benzene rings is 1. The van der Waals surface area contributed by atoms with E-state index in [4.69, 9.17) is 22.9 Å². The molecule has 1 aliphatic rings. The molecule has 22 heavy (non-hydrogen) atoms. The van der Waals surface area contributed by atoms with Crippen molar-refractivity contribution in [3.63, 3.8) is 0 Å². The van der Waals surface area contributed by atoms with E-state index in [0.717, 1.165) is 37.3 Å². The lowest BCUT2D eigenvalue weighted by Crippen LogP contribution is -2.27. The highest BCUT2D eigenvalue weighted by atomic mass is 35.5. The van der Waals surface area contributed by atoms with Crippen molar-refractivity contribution in [3.8, 4) is 11.3 Å². The Morgan fingerprint density at radius 3 is 2.82 bits per heavy atom. The van der Waals surface area contributed by atoms with Crippen LogP contribution in [0.15, 0.2) is 30.5 Å². The highest BCUT2D eigenvalue weighted by Crippen LogP contribution is 2.32. The summed E-state index contributed by atoms with van der Waals surface area (Å²) in [6.45, 7) is 8.94. The quantitative estimate of drug-likeness (QED) is 0.688. The fraction of sp³-hybridized carbons (Fsp3) is 0.312. The summed E-state index contributed by atoms with van der Waals surface area (Å²) in [4.78, 5) is 11.7. The van der Waals surface area contributed by atoms with Crippen LogP contribution in [-0.4, -0.2) is 29.2 Å². The summed E-state index contributed by atoms with van der Waals surface area (Å²) < 4.78 is 5.35. The van der Waals surface area contributed by atoms with Crippen LogP contribution in [0.3, 0.4) is 0 Å². The van der Waals surface area contributed by atoms with E-state index in [2.05, 4.69) is 20.1 Å². The Morgan fingerprint density at radius 2 is 2.09 bits per heavy atom. The Hall–Kier alpha value is -2.16. The molecule has 0 aliphatic carbocycles. The van der Waals surface area contributed by atoms with Crippen LogP contribution in [0.4, 0.5) is 11.4 Å². The van der Waals surface area contributed by atoms with Crippen LogP contribution in [0, 0.1) is 6.57 Å². The van der Waals surface area contributed by atoms with E-state index in [9.17, 15) is 0 Å². The Morgan fingerprint density at radius 1 is 1.27 bits per heavy atom. The molecule has 6 heteroatoms. The van der Waals surface area contributed by atoms with Crippen molar-refractivity contribution in [2.45, 2.75) is 18.9 Å². The molecule has 0 spiro atoms. The Bertz CT molecular complexity index is 708. The van der Waals surface area contributed by atoms with Crippen molar-refractivity contribution in [3.05, 3.63) is 47.2 Å². The number of hydrogen-bond acceptors (Lipinski definition) is 4. The summed E-state index contributed by atoms with van der Waals surface area (Å²) in [6, 6.07) is 7.82. The largest absolute Gasteiger partial charge is 0.391 e. The normalized spacial score (nSPS) is 15.3. The van der Waals surface area contributed by atoms with Crippen LogP contribution in [0.1, 0.15) is 12.8 Å². The lowest BCUT2D eigenvalue weighted by Gasteiger charge is -2.24. The molecule has 5 nitrogen and oxygen atoms in total. The van der Waals surface area contributed by atoms with Crippen LogP contribution < -0.4 is 5.32 Å². The van der Waals surface area contributed by atoms with Gasteiger partial charge < -0.3 is 10.1 Å². The molecular formula is C16H15ClN4O. The van der Waals surface area contributed by atoms with Gasteiger partial charge in [0.25, 0.3) is 0 Å². The number of rotatable bonds is 3. The zero-order chi connectivity index (χ0) is 15.4. The first-order valence-electron chi connectivity index (χ1n) is 7.11. The molecular weight excluding hydrogens is 300 g/mol. The molecule has 0 saturated carbocycles. The van der Waals surface area contributed by atoms with E-state index < -0.39 is 0 Å². The summed E-state index contributed by atoms with van der Waals surface area (Å²) in [7, 11) is 0. The number of nitrogens with zero attached hydrogens (tertiary/aromatic N) is 3. The summed E-state index contributed by atoms with van der Waals surface area (Å²) in [5.74, 6) is 0. The molecule has 2 heterocycles. The van der Waals surface area contributed by atoms with Crippen LogP contribution in [0.25, 0.3) is 16.1 Å². The highest BCUT2D eigenvalue weighted by Gasteiger charge is 2.15. The van der Waals surface area contributed by atoms with Crippen LogP contribution >= 0.6 is 11.6 Å². The van der Waals surface area contributed by atoms with Crippen LogP contribution in [0.2, 0.25) is 5.28 Å². The first kappa shape index (κ1) is 14.8. The van der Waals surface area contributed by atoms with Crippen molar-refractivity contribution in [2.24, 2.45) is 0 Å². The number of ether oxygens (including phenoxy) is 1. The monoisotopic (exact) mass is 314 g/mol. The molecule has 112 valence electrons. The predicted molar refractivity (Wildman–Crippen MR) is 86.2 cm³/mol. The second-order valence-electron chi connectivity index (χ2n) is 5.09. The molecule has 0 atom stereocenters. The van der Waals surface area contributed by atoms with E-state index in [0.29, 0.717) is 17.4 Å². The van der Waals surface area contributed by atoms with E-state index in [1.54, 1.807) is 12.3 Å². The standard InChI is InChI=1S/C16H15ClN4O/c1-18-15-10-11(13-4-7-19-16(17)21-13)2-3-14(15)20-12-5-8-22-9-6-12/h2-4,7,10,12,20H,5-6,8-9H2. The molecule has 1 N–H and O–H groups in total. The van der Waals surface area contributed by atoms with Gasteiger partial charge in [0.15, 0.2) is 0 Å². The third-order valence-electron chi connectivity index (χ3n) is 3.62. The van der Waals surface area contributed by atoms with Gasteiger partial charge in [-0.05, 0) is 48.2 Å². The Balaban J connectivity index is 1.86. The highest BCUT2D eigenvalue weighted by molar-refractivity contribution is 6.28. The molecule has 2 aromatic rings. The van der Waals surface area contributed by atoms with E-state index in [-0.39, 0.29) is 5.28 Å². The SMILES string of the molecule is [C-]#[N+]c1cc(-c2ccnc(Cl)n2)ccc1NC1CCOCC1. The van der Waals surface area contributed by atoms with Crippen molar-refractivity contribution in [1.29, 1.82) is 0 Å². The van der Waals surface area contributed by atoms with Gasteiger partial charge in [0.2, 0.25) is 11.0 Å². The third-order valence-corrected chi connectivity index (χ3v) is 3.80. The lowest BCUT2D eigenvalue weighted by molar-refractivity contribution is 0.0904. The molecule has 0 radical (unpaired) electrons. The van der Waals surface area contributed by atoms with Gasteiger partial charge in [-0.1, -0.05) is 6.07 Å². The molecule has 1 aliphatic heterocycles. The van der Waals surface area contributed by atoms with Crippen molar-refractivity contribution in [1.82, 2.24) is 9.97 Å². The average molecular weight is 315 g/mol. The minimum atomic E-state index is 0.200. The fourth-order valence-corrected chi connectivity index (χ4v) is 2.61. The minimum Gasteiger partial charge on any atom is -0.391 e. The van der Waals surface area contributed by atoms with Gasteiger partial charge >= 0.3 is 0 Å².